The zero-order valence-corrected chi connectivity index (χ0v) is 20.0. The summed E-state index contributed by atoms with van der Waals surface area (Å²) in [4.78, 5) is 18.2. The van der Waals surface area contributed by atoms with Crippen LogP contribution in [0.3, 0.4) is 0 Å². The number of sulfonamides is 1. The van der Waals surface area contributed by atoms with Gasteiger partial charge in [-0.2, -0.15) is 9.40 Å². The molecular formula is C24H29N5O3S. The van der Waals surface area contributed by atoms with Crippen LogP contribution in [-0.4, -0.2) is 46.5 Å². The van der Waals surface area contributed by atoms with Gasteiger partial charge in [-0.3, -0.25) is 9.48 Å². The van der Waals surface area contributed by atoms with E-state index in [2.05, 4.69) is 17.3 Å². The van der Waals surface area contributed by atoms with Crippen LogP contribution in [0.4, 0.5) is 5.69 Å². The molecule has 0 bridgehead atoms. The van der Waals surface area contributed by atoms with Crippen LogP contribution in [0.2, 0.25) is 0 Å². The number of hydrogen-bond donors (Lipinski definition) is 1. The second kappa shape index (κ2) is 8.22. The molecule has 3 aromatic rings. The van der Waals surface area contributed by atoms with Crippen molar-refractivity contribution in [2.24, 2.45) is 13.0 Å². The molecule has 3 heterocycles. The first kappa shape index (κ1) is 22.0. The van der Waals surface area contributed by atoms with Gasteiger partial charge in [0.1, 0.15) is 0 Å². The third-order valence-electron chi connectivity index (χ3n) is 6.60. The minimum Gasteiger partial charge on any atom is -0.322 e. The molecule has 1 N–H and O–H groups in total. The number of aryl methyl sites for hydroxylation is 2. The van der Waals surface area contributed by atoms with Crippen LogP contribution in [0.1, 0.15) is 60.3 Å². The molecule has 1 saturated carbocycles. The molecule has 1 saturated heterocycles. The second-order valence-electron chi connectivity index (χ2n) is 9.37. The average Bonchev–Trinajstić information content (AvgIpc) is 3.60. The number of benzene rings is 1. The fourth-order valence-corrected chi connectivity index (χ4v) is 6.25. The normalized spacial score (nSPS) is 19.7. The number of carbonyl (C=O) groups excluding carboxylic acids is 1. The van der Waals surface area contributed by atoms with Crippen molar-refractivity contribution in [3.05, 3.63) is 47.3 Å². The lowest BCUT2D eigenvalue weighted by Crippen LogP contribution is -2.39. The Hall–Kier alpha value is -2.78. The maximum absolute atomic E-state index is 13.2. The summed E-state index contributed by atoms with van der Waals surface area (Å²) in [5.41, 5.74) is 3.48. The lowest BCUT2D eigenvalue weighted by molar-refractivity contribution is 0.102. The van der Waals surface area contributed by atoms with Gasteiger partial charge in [0.15, 0.2) is 5.65 Å². The number of carbonyl (C=O) groups is 1. The Morgan fingerprint density at radius 1 is 1.15 bits per heavy atom. The number of amides is 1. The van der Waals surface area contributed by atoms with E-state index in [9.17, 15) is 13.2 Å². The Labute approximate surface area is 194 Å². The van der Waals surface area contributed by atoms with Crippen molar-refractivity contribution in [1.29, 1.82) is 0 Å². The highest BCUT2D eigenvalue weighted by Gasteiger charge is 2.30. The Balaban J connectivity index is 1.40. The van der Waals surface area contributed by atoms with Crippen molar-refractivity contribution < 1.29 is 13.2 Å². The van der Waals surface area contributed by atoms with E-state index in [0.717, 1.165) is 42.5 Å². The molecule has 9 heteroatoms. The number of hydrogen-bond acceptors (Lipinski definition) is 5. The van der Waals surface area contributed by atoms with E-state index in [1.54, 1.807) is 33.3 Å². The van der Waals surface area contributed by atoms with Crippen LogP contribution < -0.4 is 5.32 Å². The van der Waals surface area contributed by atoms with Crippen molar-refractivity contribution in [2.45, 2.75) is 50.3 Å². The first-order valence-electron chi connectivity index (χ1n) is 11.5. The molecule has 1 aliphatic heterocycles. The molecule has 2 fully saturated rings. The van der Waals surface area contributed by atoms with Gasteiger partial charge >= 0.3 is 0 Å². The van der Waals surface area contributed by atoms with Gasteiger partial charge in [-0.25, -0.2) is 13.4 Å². The van der Waals surface area contributed by atoms with Crippen LogP contribution in [0.5, 0.6) is 0 Å². The first-order chi connectivity index (χ1) is 15.7. The lowest BCUT2D eigenvalue weighted by Gasteiger charge is -2.30. The van der Waals surface area contributed by atoms with Crippen molar-refractivity contribution in [2.75, 3.05) is 18.4 Å². The summed E-state index contributed by atoms with van der Waals surface area (Å²) in [6.07, 6.45) is 4.11. The highest BCUT2D eigenvalue weighted by molar-refractivity contribution is 7.89. The second-order valence-corrected chi connectivity index (χ2v) is 11.3. The summed E-state index contributed by atoms with van der Waals surface area (Å²) in [6.45, 7) is 5.05. The molecular weight excluding hydrogens is 438 g/mol. The molecule has 2 aliphatic rings. The van der Waals surface area contributed by atoms with Gasteiger partial charge in [-0.15, -0.1) is 0 Å². The highest BCUT2D eigenvalue weighted by atomic mass is 32.2. The molecule has 1 atom stereocenters. The SMILES string of the molecule is Cc1nn(C)c2nc(C3CC3)cc(C(=O)Nc3ccc(S(=O)(=O)N4CCCC(C)C4)cc3)c12. The summed E-state index contributed by atoms with van der Waals surface area (Å²) in [5, 5.41) is 8.13. The fourth-order valence-electron chi connectivity index (χ4n) is 4.65. The van der Waals surface area contributed by atoms with Crippen LogP contribution in [0, 0.1) is 12.8 Å². The standard InChI is InChI=1S/C24H29N5O3S/c1-15-5-4-12-29(14-15)33(31,32)19-10-8-18(9-11-19)25-24(30)20-13-21(17-6-7-17)26-23-22(20)16(2)27-28(23)3/h8-11,13,15,17H,4-7,12,14H2,1-3H3,(H,25,30). The van der Waals surface area contributed by atoms with Crippen LogP contribution in [0.15, 0.2) is 35.2 Å². The van der Waals surface area contributed by atoms with Crippen molar-refractivity contribution in [1.82, 2.24) is 19.1 Å². The van der Waals surface area contributed by atoms with E-state index in [4.69, 9.17) is 4.98 Å². The van der Waals surface area contributed by atoms with E-state index < -0.39 is 10.0 Å². The topological polar surface area (TPSA) is 97.2 Å². The number of rotatable bonds is 5. The van der Waals surface area contributed by atoms with E-state index >= 15 is 0 Å². The predicted octanol–water partition coefficient (Wildman–Crippen LogP) is 3.83. The molecule has 1 unspecified atom stereocenters. The highest BCUT2D eigenvalue weighted by Crippen LogP contribution is 2.40. The van der Waals surface area contributed by atoms with Gasteiger partial charge in [0.2, 0.25) is 10.0 Å². The van der Waals surface area contributed by atoms with Gasteiger partial charge in [-0.05, 0) is 68.9 Å². The smallest absolute Gasteiger partial charge is 0.256 e. The van der Waals surface area contributed by atoms with Gasteiger partial charge in [0.25, 0.3) is 5.91 Å². The quantitative estimate of drug-likeness (QED) is 0.615. The molecule has 1 aromatic carbocycles. The number of nitrogens with one attached hydrogen (secondary N) is 1. The summed E-state index contributed by atoms with van der Waals surface area (Å²) in [5.74, 6) is 0.514. The largest absolute Gasteiger partial charge is 0.322 e. The molecule has 174 valence electrons. The van der Waals surface area contributed by atoms with E-state index in [0.29, 0.717) is 41.8 Å². The number of piperidine rings is 1. The molecule has 8 nitrogen and oxygen atoms in total. The van der Waals surface area contributed by atoms with E-state index in [-0.39, 0.29) is 10.8 Å². The molecule has 0 radical (unpaired) electrons. The number of anilines is 1. The molecule has 0 spiro atoms. The predicted molar refractivity (Wildman–Crippen MR) is 127 cm³/mol. The third-order valence-corrected chi connectivity index (χ3v) is 8.48. The minimum absolute atomic E-state index is 0.249. The van der Waals surface area contributed by atoms with Crippen molar-refractivity contribution in [3.8, 4) is 0 Å². The van der Waals surface area contributed by atoms with Crippen LogP contribution in [0.25, 0.3) is 11.0 Å². The Morgan fingerprint density at radius 2 is 1.88 bits per heavy atom. The summed E-state index contributed by atoms with van der Waals surface area (Å²) in [6, 6.07) is 8.30. The Morgan fingerprint density at radius 3 is 2.55 bits per heavy atom. The number of aromatic nitrogens is 3. The summed E-state index contributed by atoms with van der Waals surface area (Å²) < 4.78 is 29.3. The Kier molecular flexibility index (Phi) is 5.49. The molecule has 5 rings (SSSR count). The van der Waals surface area contributed by atoms with Crippen LogP contribution >= 0.6 is 0 Å². The van der Waals surface area contributed by atoms with Crippen LogP contribution in [-0.2, 0) is 17.1 Å². The van der Waals surface area contributed by atoms with E-state index in [1.807, 2.05) is 20.0 Å². The lowest BCUT2D eigenvalue weighted by atomic mass is 10.0. The van der Waals surface area contributed by atoms with Crippen molar-refractivity contribution >= 4 is 32.7 Å². The summed E-state index contributed by atoms with van der Waals surface area (Å²) in [7, 11) is -1.69. The minimum atomic E-state index is -3.53. The number of fused-ring (bicyclic) bond motifs is 1. The zero-order valence-electron chi connectivity index (χ0n) is 19.2. The number of nitrogens with zero attached hydrogens (tertiary/aromatic N) is 4. The molecule has 1 aliphatic carbocycles. The van der Waals surface area contributed by atoms with Gasteiger partial charge in [0.05, 0.1) is 21.5 Å². The first-order valence-corrected chi connectivity index (χ1v) is 12.9. The maximum Gasteiger partial charge on any atom is 0.256 e. The average molecular weight is 468 g/mol. The van der Waals surface area contributed by atoms with Gasteiger partial charge in [0, 0.05) is 37.4 Å². The fraction of sp³-hybridized carbons (Fsp3) is 0.458. The van der Waals surface area contributed by atoms with Gasteiger partial charge < -0.3 is 5.32 Å². The monoisotopic (exact) mass is 467 g/mol. The van der Waals surface area contributed by atoms with Gasteiger partial charge in [-0.1, -0.05) is 6.92 Å². The van der Waals surface area contributed by atoms with Crippen molar-refractivity contribution in [3.63, 3.8) is 0 Å². The molecule has 1 amide bonds. The molecule has 2 aromatic heterocycles. The molecule has 33 heavy (non-hydrogen) atoms. The number of pyridine rings is 1. The zero-order chi connectivity index (χ0) is 23.3. The van der Waals surface area contributed by atoms with E-state index in [1.165, 1.54) is 0 Å². The third kappa shape index (κ3) is 4.15. The Bertz CT molecular complexity index is 1330. The summed E-state index contributed by atoms with van der Waals surface area (Å²) >= 11 is 0. The maximum atomic E-state index is 13.2.